The second-order valence-corrected chi connectivity index (χ2v) is 5.13. The van der Waals surface area contributed by atoms with Gasteiger partial charge in [0.2, 0.25) is 0 Å². The molecule has 0 spiro atoms. The van der Waals surface area contributed by atoms with Crippen LogP contribution in [0.4, 0.5) is 5.69 Å². The first-order valence-electron chi connectivity index (χ1n) is 6.06. The molecule has 1 saturated heterocycles. The lowest BCUT2D eigenvalue weighted by Crippen LogP contribution is -2.39. The number of piperidine rings is 1. The number of hydrogen-bond donors (Lipinski definition) is 2. The molecule has 0 aromatic carbocycles. The van der Waals surface area contributed by atoms with E-state index >= 15 is 0 Å². The Morgan fingerprint density at radius 3 is 3.22 bits per heavy atom. The fourth-order valence-corrected chi connectivity index (χ4v) is 2.43. The highest BCUT2D eigenvalue weighted by Gasteiger charge is 2.15. The summed E-state index contributed by atoms with van der Waals surface area (Å²) in [6, 6.07) is 0.353. The topological polar surface area (TPSA) is 59.0 Å². The van der Waals surface area contributed by atoms with E-state index in [1.165, 1.54) is 4.68 Å². The van der Waals surface area contributed by atoms with Crippen molar-refractivity contribution in [2.45, 2.75) is 25.4 Å². The standard InChI is InChI=1S/C12H17BrN4O/c1-2-6-17-12(18)11(13)10(8-15-17)16-9-4-3-5-14-7-9/h2,8-9,14,16H,1,3-7H2. The average molecular weight is 313 g/mol. The van der Waals surface area contributed by atoms with E-state index < -0.39 is 0 Å². The van der Waals surface area contributed by atoms with Crippen molar-refractivity contribution in [3.05, 3.63) is 33.7 Å². The van der Waals surface area contributed by atoms with E-state index in [0.29, 0.717) is 17.1 Å². The van der Waals surface area contributed by atoms with Crippen LogP contribution in [0, 0.1) is 0 Å². The van der Waals surface area contributed by atoms with Gasteiger partial charge in [-0.3, -0.25) is 4.79 Å². The molecule has 18 heavy (non-hydrogen) atoms. The SMILES string of the molecule is C=CCn1ncc(NC2CCCNC2)c(Br)c1=O. The molecule has 2 heterocycles. The molecule has 0 amide bonds. The third-order valence-electron chi connectivity index (χ3n) is 2.94. The van der Waals surface area contributed by atoms with Crippen molar-refractivity contribution in [1.82, 2.24) is 15.1 Å². The minimum absolute atomic E-state index is 0.135. The van der Waals surface area contributed by atoms with E-state index in [-0.39, 0.29) is 5.56 Å². The molecule has 6 heteroatoms. The Bertz CT molecular complexity index is 479. The van der Waals surface area contributed by atoms with Crippen LogP contribution in [0.2, 0.25) is 0 Å². The molecule has 1 aliphatic heterocycles. The summed E-state index contributed by atoms with van der Waals surface area (Å²) >= 11 is 3.34. The Morgan fingerprint density at radius 1 is 1.72 bits per heavy atom. The van der Waals surface area contributed by atoms with Crippen LogP contribution < -0.4 is 16.2 Å². The molecule has 0 aliphatic carbocycles. The number of nitrogens with zero attached hydrogens (tertiary/aromatic N) is 2. The van der Waals surface area contributed by atoms with Crippen LogP contribution in [0.3, 0.4) is 0 Å². The second kappa shape index (κ2) is 6.15. The zero-order valence-electron chi connectivity index (χ0n) is 10.2. The number of nitrogens with one attached hydrogen (secondary N) is 2. The van der Waals surface area contributed by atoms with Crippen LogP contribution >= 0.6 is 15.9 Å². The van der Waals surface area contributed by atoms with Gasteiger partial charge in [-0.05, 0) is 35.3 Å². The quantitative estimate of drug-likeness (QED) is 0.824. The monoisotopic (exact) mass is 312 g/mol. The molecule has 2 rings (SSSR count). The van der Waals surface area contributed by atoms with Crippen molar-refractivity contribution in [3.8, 4) is 0 Å². The van der Waals surface area contributed by atoms with Crippen LogP contribution in [-0.2, 0) is 6.54 Å². The lowest BCUT2D eigenvalue weighted by Gasteiger charge is -2.25. The molecule has 1 aromatic heterocycles. The zero-order chi connectivity index (χ0) is 13.0. The first kappa shape index (κ1) is 13.3. The summed E-state index contributed by atoms with van der Waals surface area (Å²) < 4.78 is 1.91. The highest BCUT2D eigenvalue weighted by molar-refractivity contribution is 9.10. The maximum absolute atomic E-state index is 12.0. The van der Waals surface area contributed by atoms with E-state index in [1.807, 2.05) is 0 Å². The Balaban J connectivity index is 2.15. The minimum atomic E-state index is -0.135. The first-order valence-corrected chi connectivity index (χ1v) is 6.85. The van der Waals surface area contributed by atoms with Gasteiger partial charge in [-0.1, -0.05) is 6.08 Å². The predicted molar refractivity (Wildman–Crippen MR) is 75.9 cm³/mol. The zero-order valence-corrected chi connectivity index (χ0v) is 11.7. The lowest BCUT2D eigenvalue weighted by molar-refractivity contribution is 0.479. The molecule has 5 nitrogen and oxygen atoms in total. The van der Waals surface area contributed by atoms with Crippen molar-refractivity contribution in [1.29, 1.82) is 0 Å². The van der Waals surface area contributed by atoms with Crippen LogP contribution in [0.1, 0.15) is 12.8 Å². The number of aromatic nitrogens is 2. The van der Waals surface area contributed by atoms with Gasteiger partial charge in [-0.2, -0.15) is 5.10 Å². The van der Waals surface area contributed by atoms with Crippen molar-refractivity contribution in [2.24, 2.45) is 0 Å². The Kier molecular flexibility index (Phi) is 4.54. The molecular weight excluding hydrogens is 296 g/mol. The maximum Gasteiger partial charge on any atom is 0.283 e. The van der Waals surface area contributed by atoms with Crippen LogP contribution in [0.5, 0.6) is 0 Å². The number of halogens is 1. The number of hydrogen-bond acceptors (Lipinski definition) is 4. The van der Waals surface area contributed by atoms with Crippen LogP contribution in [0.25, 0.3) is 0 Å². The van der Waals surface area contributed by atoms with Gasteiger partial charge >= 0.3 is 0 Å². The number of anilines is 1. The second-order valence-electron chi connectivity index (χ2n) is 4.34. The number of rotatable bonds is 4. The van der Waals surface area contributed by atoms with Crippen LogP contribution in [-0.4, -0.2) is 28.9 Å². The third-order valence-corrected chi connectivity index (χ3v) is 3.71. The Morgan fingerprint density at radius 2 is 2.56 bits per heavy atom. The summed E-state index contributed by atoms with van der Waals surface area (Å²) in [6.45, 7) is 6.01. The van der Waals surface area contributed by atoms with Crippen molar-refractivity contribution < 1.29 is 0 Å². The summed E-state index contributed by atoms with van der Waals surface area (Å²) in [6.07, 6.45) is 5.59. The van der Waals surface area contributed by atoms with Gasteiger partial charge in [0.1, 0.15) is 4.47 Å². The third kappa shape index (κ3) is 3.00. The van der Waals surface area contributed by atoms with Crippen molar-refractivity contribution in [2.75, 3.05) is 18.4 Å². The minimum Gasteiger partial charge on any atom is -0.379 e. The van der Waals surface area contributed by atoms with Crippen LogP contribution in [0.15, 0.2) is 28.1 Å². The predicted octanol–water partition coefficient (Wildman–Crippen LogP) is 1.36. The highest BCUT2D eigenvalue weighted by atomic mass is 79.9. The summed E-state index contributed by atoms with van der Waals surface area (Å²) in [7, 11) is 0. The lowest BCUT2D eigenvalue weighted by atomic mass is 10.1. The molecule has 98 valence electrons. The van der Waals surface area contributed by atoms with Gasteiger partial charge in [0.15, 0.2) is 0 Å². The molecule has 2 N–H and O–H groups in total. The van der Waals surface area contributed by atoms with Gasteiger partial charge in [0, 0.05) is 12.6 Å². The summed E-state index contributed by atoms with van der Waals surface area (Å²) in [5.74, 6) is 0. The van der Waals surface area contributed by atoms with Gasteiger partial charge in [-0.15, -0.1) is 6.58 Å². The molecule has 1 unspecified atom stereocenters. The first-order chi connectivity index (χ1) is 8.72. The fourth-order valence-electron chi connectivity index (χ4n) is 2.01. The summed E-state index contributed by atoms with van der Waals surface area (Å²) in [5.41, 5.74) is 0.623. The van der Waals surface area contributed by atoms with E-state index in [0.717, 1.165) is 31.6 Å². The Hall–Kier alpha value is -1.14. The van der Waals surface area contributed by atoms with Gasteiger partial charge in [0.25, 0.3) is 5.56 Å². The Labute approximate surface area is 114 Å². The van der Waals surface area contributed by atoms with E-state index in [4.69, 9.17) is 0 Å². The van der Waals surface area contributed by atoms with Gasteiger partial charge < -0.3 is 10.6 Å². The highest BCUT2D eigenvalue weighted by Crippen LogP contribution is 2.18. The molecular formula is C12H17BrN4O. The van der Waals surface area contributed by atoms with Crippen molar-refractivity contribution in [3.63, 3.8) is 0 Å². The van der Waals surface area contributed by atoms with Gasteiger partial charge in [-0.25, -0.2) is 4.68 Å². The summed E-state index contributed by atoms with van der Waals surface area (Å²) in [5, 5.41) is 10.8. The fraction of sp³-hybridized carbons (Fsp3) is 0.500. The average Bonchev–Trinajstić information content (AvgIpc) is 2.40. The molecule has 0 bridgehead atoms. The van der Waals surface area contributed by atoms with E-state index in [9.17, 15) is 4.79 Å². The van der Waals surface area contributed by atoms with E-state index in [2.05, 4.69) is 38.2 Å². The van der Waals surface area contributed by atoms with E-state index in [1.54, 1.807) is 12.3 Å². The summed E-state index contributed by atoms with van der Waals surface area (Å²) in [4.78, 5) is 12.0. The largest absolute Gasteiger partial charge is 0.379 e. The maximum atomic E-state index is 12.0. The molecule has 1 aromatic rings. The number of allylic oxidation sites excluding steroid dienone is 1. The van der Waals surface area contributed by atoms with Crippen molar-refractivity contribution >= 4 is 21.6 Å². The molecule has 1 fully saturated rings. The molecule has 0 radical (unpaired) electrons. The molecule has 0 saturated carbocycles. The normalized spacial score (nSPS) is 19.5. The molecule has 1 aliphatic rings. The smallest absolute Gasteiger partial charge is 0.283 e. The van der Waals surface area contributed by atoms with Gasteiger partial charge in [0.05, 0.1) is 18.4 Å². The molecule has 1 atom stereocenters.